The molecule has 2 heterocycles. The molecule has 27 heavy (non-hydrogen) atoms. The average molecular weight is 366 g/mol. The van der Waals surface area contributed by atoms with Crippen LogP contribution in [0.3, 0.4) is 0 Å². The van der Waals surface area contributed by atoms with E-state index in [-0.39, 0.29) is 30.8 Å². The number of carbonyl (C=O) groups is 3. The van der Waals surface area contributed by atoms with E-state index >= 15 is 0 Å². The number of hydrogen-bond donors (Lipinski definition) is 1. The zero-order valence-corrected chi connectivity index (χ0v) is 14.7. The van der Waals surface area contributed by atoms with Crippen LogP contribution in [0, 0.1) is 5.92 Å². The Morgan fingerprint density at radius 3 is 2.56 bits per heavy atom. The summed E-state index contributed by atoms with van der Waals surface area (Å²) in [6, 6.07) is 12.0. The summed E-state index contributed by atoms with van der Waals surface area (Å²) in [5.74, 6) is 0.430. The molecule has 0 radical (unpaired) electrons. The summed E-state index contributed by atoms with van der Waals surface area (Å²) in [5.41, 5.74) is 1.86. The van der Waals surface area contributed by atoms with Crippen molar-refractivity contribution >= 4 is 29.0 Å². The SMILES string of the molecule is CC(=O)c1ccc(NC(=O)C2CC(=O)N(c3ccc4c(c3)OCO4)C2)cc1. The summed E-state index contributed by atoms with van der Waals surface area (Å²) in [5, 5.41) is 2.81. The number of nitrogens with zero attached hydrogens (tertiary/aromatic N) is 1. The zero-order valence-electron chi connectivity index (χ0n) is 14.7. The Balaban J connectivity index is 1.44. The van der Waals surface area contributed by atoms with Crippen LogP contribution in [0.2, 0.25) is 0 Å². The van der Waals surface area contributed by atoms with E-state index in [0.29, 0.717) is 35.0 Å². The van der Waals surface area contributed by atoms with E-state index in [0.717, 1.165) is 0 Å². The molecule has 1 atom stereocenters. The number of amides is 2. The highest BCUT2D eigenvalue weighted by atomic mass is 16.7. The van der Waals surface area contributed by atoms with Gasteiger partial charge in [0.1, 0.15) is 0 Å². The first-order valence-corrected chi connectivity index (χ1v) is 8.63. The second kappa shape index (κ2) is 6.75. The highest BCUT2D eigenvalue weighted by Crippen LogP contribution is 2.37. The van der Waals surface area contributed by atoms with Crippen LogP contribution in [-0.4, -0.2) is 30.9 Å². The molecule has 2 aromatic carbocycles. The van der Waals surface area contributed by atoms with Crippen LogP contribution in [0.15, 0.2) is 42.5 Å². The largest absolute Gasteiger partial charge is 0.454 e. The van der Waals surface area contributed by atoms with Crippen molar-refractivity contribution in [3.8, 4) is 11.5 Å². The highest BCUT2D eigenvalue weighted by Gasteiger charge is 2.35. The Morgan fingerprint density at radius 2 is 1.81 bits per heavy atom. The first kappa shape index (κ1) is 17.1. The molecular weight excluding hydrogens is 348 g/mol. The van der Waals surface area contributed by atoms with Crippen molar-refractivity contribution < 1.29 is 23.9 Å². The van der Waals surface area contributed by atoms with Gasteiger partial charge in [-0.3, -0.25) is 14.4 Å². The molecule has 1 N–H and O–H groups in total. The average Bonchev–Trinajstić information content (AvgIpc) is 3.27. The van der Waals surface area contributed by atoms with E-state index in [1.165, 1.54) is 6.92 Å². The van der Waals surface area contributed by atoms with Gasteiger partial charge in [0.2, 0.25) is 18.6 Å². The van der Waals surface area contributed by atoms with Crippen LogP contribution in [0.4, 0.5) is 11.4 Å². The molecule has 7 nitrogen and oxygen atoms in total. The lowest BCUT2D eigenvalue weighted by Crippen LogP contribution is -2.28. The first-order chi connectivity index (χ1) is 13.0. The van der Waals surface area contributed by atoms with E-state index in [1.807, 2.05) is 0 Å². The van der Waals surface area contributed by atoms with E-state index < -0.39 is 5.92 Å². The third-order valence-electron chi connectivity index (χ3n) is 4.72. The second-order valence-corrected chi connectivity index (χ2v) is 6.57. The maximum Gasteiger partial charge on any atom is 0.231 e. The van der Waals surface area contributed by atoms with Gasteiger partial charge in [-0.25, -0.2) is 0 Å². The van der Waals surface area contributed by atoms with Crippen molar-refractivity contribution in [2.24, 2.45) is 5.92 Å². The minimum Gasteiger partial charge on any atom is -0.454 e. The van der Waals surface area contributed by atoms with Crippen LogP contribution >= 0.6 is 0 Å². The van der Waals surface area contributed by atoms with Gasteiger partial charge in [-0.1, -0.05) is 0 Å². The molecule has 138 valence electrons. The fourth-order valence-electron chi connectivity index (χ4n) is 3.22. The van der Waals surface area contributed by atoms with Gasteiger partial charge in [0.15, 0.2) is 17.3 Å². The third kappa shape index (κ3) is 3.36. The summed E-state index contributed by atoms with van der Waals surface area (Å²) in [6.07, 6.45) is 0.145. The van der Waals surface area contributed by atoms with Crippen molar-refractivity contribution in [1.29, 1.82) is 0 Å². The minimum absolute atomic E-state index is 0.0337. The van der Waals surface area contributed by atoms with E-state index in [2.05, 4.69) is 5.32 Å². The zero-order chi connectivity index (χ0) is 19.0. The van der Waals surface area contributed by atoms with Crippen molar-refractivity contribution in [2.45, 2.75) is 13.3 Å². The van der Waals surface area contributed by atoms with Gasteiger partial charge >= 0.3 is 0 Å². The van der Waals surface area contributed by atoms with Crippen LogP contribution in [-0.2, 0) is 9.59 Å². The molecule has 1 saturated heterocycles. The molecule has 2 amide bonds. The molecule has 0 saturated carbocycles. The number of carbonyl (C=O) groups excluding carboxylic acids is 3. The lowest BCUT2D eigenvalue weighted by molar-refractivity contribution is -0.122. The van der Waals surface area contributed by atoms with Crippen LogP contribution < -0.4 is 19.7 Å². The number of hydrogen-bond acceptors (Lipinski definition) is 5. The summed E-state index contributed by atoms with van der Waals surface area (Å²) in [7, 11) is 0. The van der Waals surface area contributed by atoms with E-state index in [4.69, 9.17) is 9.47 Å². The topological polar surface area (TPSA) is 84.9 Å². The number of nitrogens with one attached hydrogen (secondary N) is 1. The predicted octanol–water partition coefficient (Wildman–Crippen LogP) is 2.61. The minimum atomic E-state index is -0.449. The van der Waals surface area contributed by atoms with E-state index in [9.17, 15) is 14.4 Å². The maximum absolute atomic E-state index is 12.5. The smallest absolute Gasteiger partial charge is 0.231 e. The van der Waals surface area contributed by atoms with Gasteiger partial charge in [0, 0.05) is 36.0 Å². The summed E-state index contributed by atoms with van der Waals surface area (Å²) in [4.78, 5) is 37.8. The molecule has 1 fully saturated rings. The van der Waals surface area contributed by atoms with Crippen LogP contribution in [0.5, 0.6) is 11.5 Å². The van der Waals surface area contributed by atoms with Gasteiger partial charge in [0.25, 0.3) is 0 Å². The number of ketones is 1. The number of anilines is 2. The summed E-state index contributed by atoms with van der Waals surface area (Å²) >= 11 is 0. The van der Waals surface area contributed by atoms with E-state index in [1.54, 1.807) is 47.4 Å². The van der Waals surface area contributed by atoms with Crippen molar-refractivity contribution in [1.82, 2.24) is 0 Å². The Labute approximate surface area is 155 Å². The van der Waals surface area contributed by atoms with Crippen molar-refractivity contribution in [2.75, 3.05) is 23.6 Å². The number of rotatable bonds is 4. The molecule has 0 bridgehead atoms. The monoisotopic (exact) mass is 366 g/mol. The van der Waals surface area contributed by atoms with Gasteiger partial charge < -0.3 is 19.7 Å². The maximum atomic E-state index is 12.5. The normalized spacial score (nSPS) is 17.9. The molecule has 2 aromatic rings. The molecule has 2 aliphatic heterocycles. The molecule has 2 aliphatic rings. The summed E-state index contributed by atoms with van der Waals surface area (Å²) < 4.78 is 10.6. The fraction of sp³-hybridized carbons (Fsp3) is 0.250. The Morgan fingerprint density at radius 1 is 1.07 bits per heavy atom. The number of Topliss-reactive ketones (excluding diaryl/α,β-unsaturated/α-hetero) is 1. The molecule has 7 heteroatoms. The van der Waals surface area contributed by atoms with Gasteiger partial charge in [0.05, 0.1) is 5.92 Å². The second-order valence-electron chi connectivity index (χ2n) is 6.57. The molecule has 0 aliphatic carbocycles. The first-order valence-electron chi connectivity index (χ1n) is 8.63. The standard InChI is InChI=1S/C20H18N2O5/c1-12(23)13-2-4-15(5-3-13)21-20(25)14-8-19(24)22(10-14)16-6-7-17-18(9-16)27-11-26-17/h2-7,9,14H,8,10-11H2,1H3,(H,21,25). The number of benzene rings is 2. The Kier molecular flexibility index (Phi) is 4.27. The molecule has 4 rings (SSSR count). The van der Waals surface area contributed by atoms with Crippen molar-refractivity contribution in [3.05, 3.63) is 48.0 Å². The Bertz CT molecular complexity index is 922. The quantitative estimate of drug-likeness (QED) is 0.841. The van der Waals surface area contributed by atoms with Gasteiger partial charge in [-0.15, -0.1) is 0 Å². The molecule has 0 spiro atoms. The lowest BCUT2D eigenvalue weighted by Gasteiger charge is -2.17. The van der Waals surface area contributed by atoms with Crippen molar-refractivity contribution in [3.63, 3.8) is 0 Å². The molecule has 1 unspecified atom stereocenters. The third-order valence-corrected chi connectivity index (χ3v) is 4.72. The van der Waals surface area contributed by atoms with Gasteiger partial charge in [-0.2, -0.15) is 0 Å². The Hall–Kier alpha value is -3.35. The van der Waals surface area contributed by atoms with Crippen LogP contribution in [0.1, 0.15) is 23.7 Å². The number of ether oxygens (including phenoxy) is 2. The van der Waals surface area contributed by atoms with Gasteiger partial charge in [-0.05, 0) is 43.3 Å². The lowest BCUT2D eigenvalue weighted by atomic mass is 10.1. The van der Waals surface area contributed by atoms with Crippen LogP contribution in [0.25, 0.3) is 0 Å². The highest BCUT2D eigenvalue weighted by molar-refractivity contribution is 6.04. The molecule has 0 aromatic heterocycles. The fourth-order valence-corrected chi connectivity index (χ4v) is 3.22. The number of fused-ring (bicyclic) bond motifs is 1. The molecular formula is C20H18N2O5. The summed E-state index contributed by atoms with van der Waals surface area (Å²) in [6.45, 7) is 1.96. The predicted molar refractivity (Wildman–Crippen MR) is 98.1 cm³/mol.